The van der Waals surface area contributed by atoms with Gasteiger partial charge in [0.05, 0.1) is 22.7 Å². The van der Waals surface area contributed by atoms with Crippen LogP contribution in [0.25, 0.3) is 44.7 Å². The molecule has 9 heteroatoms. The van der Waals surface area contributed by atoms with Crippen LogP contribution in [0.5, 0.6) is 5.75 Å². The number of aromatic hydroxyl groups is 1. The molecule has 1 fully saturated rings. The van der Waals surface area contributed by atoms with E-state index in [4.69, 9.17) is 9.97 Å². The molecule has 0 unspecified atom stereocenters. The normalized spacial score (nSPS) is 15.0. The minimum Gasteiger partial charge on any atom is -0.508 e. The van der Waals surface area contributed by atoms with Crippen LogP contribution in [0.4, 0.5) is 4.39 Å². The molecular formula is C23H20FN7O. The van der Waals surface area contributed by atoms with Gasteiger partial charge in [-0.15, -0.1) is 0 Å². The highest BCUT2D eigenvalue weighted by Gasteiger charge is 2.20. The molecule has 5 aromatic rings. The molecule has 1 aromatic carbocycles. The molecule has 1 aliphatic heterocycles. The van der Waals surface area contributed by atoms with E-state index in [0.717, 1.165) is 48.7 Å². The number of H-pyrrole nitrogens is 2. The van der Waals surface area contributed by atoms with E-state index in [1.54, 1.807) is 12.4 Å². The second kappa shape index (κ2) is 7.38. The van der Waals surface area contributed by atoms with E-state index < -0.39 is 5.82 Å². The molecule has 0 amide bonds. The number of fused-ring (bicyclic) bond motifs is 2. The molecule has 1 aliphatic rings. The number of hydrogen-bond donors (Lipinski definition) is 4. The summed E-state index contributed by atoms with van der Waals surface area (Å²) in [5.41, 5.74) is 5.71. The van der Waals surface area contributed by atoms with Crippen molar-refractivity contribution in [3.8, 4) is 28.4 Å². The van der Waals surface area contributed by atoms with Crippen LogP contribution in [-0.2, 0) is 0 Å². The lowest BCUT2D eigenvalue weighted by molar-refractivity contribution is 0.454. The molecule has 8 nitrogen and oxygen atoms in total. The summed E-state index contributed by atoms with van der Waals surface area (Å²) in [6.07, 6.45) is 5.40. The number of rotatable bonds is 3. The highest BCUT2D eigenvalue weighted by atomic mass is 19.1. The molecule has 0 aliphatic carbocycles. The first-order valence-corrected chi connectivity index (χ1v) is 10.6. The smallest absolute Gasteiger partial charge is 0.161 e. The lowest BCUT2D eigenvalue weighted by Crippen LogP contribution is -2.27. The average Bonchev–Trinajstić information content (AvgIpc) is 3.42. The van der Waals surface area contributed by atoms with Gasteiger partial charge in [0.15, 0.2) is 11.5 Å². The Morgan fingerprint density at radius 3 is 2.69 bits per heavy atom. The third-order valence-electron chi connectivity index (χ3n) is 6.00. The number of piperidine rings is 1. The fourth-order valence-electron chi connectivity index (χ4n) is 4.41. The minimum atomic E-state index is -0.527. The number of benzene rings is 1. The predicted octanol–water partition coefficient (Wildman–Crippen LogP) is 3.87. The second-order valence-corrected chi connectivity index (χ2v) is 8.10. The molecule has 1 saturated heterocycles. The van der Waals surface area contributed by atoms with Gasteiger partial charge in [-0.3, -0.25) is 10.1 Å². The largest absolute Gasteiger partial charge is 0.508 e. The average molecular weight is 429 g/mol. The first kappa shape index (κ1) is 18.9. The third kappa shape index (κ3) is 3.18. The van der Waals surface area contributed by atoms with Gasteiger partial charge in [0.1, 0.15) is 17.1 Å². The van der Waals surface area contributed by atoms with Crippen molar-refractivity contribution in [2.75, 3.05) is 13.1 Å². The Kier molecular flexibility index (Phi) is 4.36. The Labute approximate surface area is 182 Å². The van der Waals surface area contributed by atoms with Crippen LogP contribution in [0.3, 0.4) is 0 Å². The summed E-state index contributed by atoms with van der Waals surface area (Å²) in [6, 6.07) is 7.99. The molecule has 4 N–H and O–H groups in total. The molecule has 0 spiro atoms. The molecular weight excluding hydrogens is 409 g/mol. The highest BCUT2D eigenvalue weighted by molar-refractivity contribution is 5.95. The Morgan fingerprint density at radius 1 is 0.969 bits per heavy atom. The zero-order valence-electron chi connectivity index (χ0n) is 17.1. The monoisotopic (exact) mass is 429 g/mol. The highest BCUT2D eigenvalue weighted by Crippen LogP contribution is 2.33. The van der Waals surface area contributed by atoms with Crippen LogP contribution in [-0.4, -0.2) is 48.3 Å². The Hall–Kier alpha value is -3.85. The molecule has 32 heavy (non-hydrogen) atoms. The first-order valence-electron chi connectivity index (χ1n) is 10.6. The van der Waals surface area contributed by atoms with Crippen molar-refractivity contribution >= 4 is 22.1 Å². The lowest BCUT2D eigenvalue weighted by atomic mass is 9.94. The quantitative estimate of drug-likeness (QED) is 0.346. The number of pyridine rings is 2. The van der Waals surface area contributed by atoms with Crippen molar-refractivity contribution in [2.24, 2.45) is 0 Å². The molecule has 5 heterocycles. The predicted molar refractivity (Wildman–Crippen MR) is 119 cm³/mol. The third-order valence-corrected chi connectivity index (χ3v) is 6.00. The van der Waals surface area contributed by atoms with E-state index in [1.165, 1.54) is 12.1 Å². The number of aromatic nitrogens is 6. The Balaban J connectivity index is 1.47. The number of aromatic amines is 2. The molecule has 0 bridgehead atoms. The van der Waals surface area contributed by atoms with Crippen LogP contribution in [0.2, 0.25) is 0 Å². The Bertz CT molecular complexity index is 1430. The fourth-order valence-corrected chi connectivity index (χ4v) is 4.41. The van der Waals surface area contributed by atoms with E-state index in [0.29, 0.717) is 39.6 Å². The van der Waals surface area contributed by atoms with E-state index in [1.807, 2.05) is 6.07 Å². The van der Waals surface area contributed by atoms with E-state index in [-0.39, 0.29) is 5.75 Å². The fraction of sp³-hybridized carbons (Fsp3) is 0.217. The van der Waals surface area contributed by atoms with Gasteiger partial charge in [-0.05, 0) is 55.8 Å². The van der Waals surface area contributed by atoms with Crippen molar-refractivity contribution in [3.63, 3.8) is 0 Å². The maximum atomic E-state index is 13.9. The maximum Gasteiger partial charge on any atom is 0.161 e. The molecule has 6 rings (SSSR count). The summed E-state index contributed by atoms with van der Waals surface area (Å²) in [7, 11) is 0. The topological polar surface area (TPSA) is 115 Å². The van der Waals surface area contributed by atoms with Gasteiger partial charge in [-0.25, -0.2) is 14.4 Å². The summed E-state index contributed by atoms with van der Waals surface area (Å²) in [4.78, 5) is 17.2. The van der Waals surface area contributed by atoms with Crippen molar-refractivity contribution in [1.82, 2.24) is 35.5 Å². The molecule has 4 aromatic heterocycles. The van der Waals surface area contributed by atoms with Crippen molar-refractivity contribution in [3.05, 3.63) is 54.2 Å². The summed E-state index contributed by atoms with van der Waals surface area (Å²) in [5, 5.41) is 20.7. The molecule has 0 radical (unpaired) electrons. The van der Waals surface area contributed by atoms with Gasteiger partial charge in [0.25, 0.3) is 0 Å². The number of nitrogens with one attached hydrogen (secondary N) is 3. The summed E-state index contributed by atoms with van der Waals surface area (Å²) in [6.45, 7) is 2.00. The SMILES string of the molecule is Oc1cc(F)cc(-c2cncc3[nH]c(-c4n[nH]c5ccc(C6CCNCC6)nc45)nc23)c1. The second-order valence-electron chi connectivity index (χ2n) is 8.10. The van der Waals surface area contributed by atoms with E-state index in [2.05, 4.69) is 31.5 Å². The van der Waals surface area contributed by atoms with Gasteiger partial charge in [0, 0.05) is 29.4 Å². The minimum absolute atomic E-state index is 0.152. The number of phenolic OH excluding ortho intramolecular Hbond substituents is 1. The van der Waals surface area contributed by atoms with E-state index >= 15 is 0 Å². The van der Waals surface area contributed by atoms with Crippen LogP contribution >= 0.6 is 0 Å². The standard InChI is InChI=1S/C23H20FN7O/c24-14-7-13(8-15(32)9-14)16-10-26-11-19-20(16)29-23(28-19)22-21-18(30-31-22)2-1-17(27-21)12-3-5-25-6-4-12/h1-2,7-12,25,32H,3-6H2,(H,28,29)(H,30,31). The summed E-state index contributed by atoms with van der Waals surface area (Å²) < 4.78 is 13.9. The van der Waals surface area contributed by atoms with Gasteiger partial charge < -0.3 is 15.4 Å². The number of nitrogens with zero attached hydrogens (tertiary/aromatic N) is 4. The number of phenols is 1. The van der Waals surface area contributed by atoms with Crippen LogP contribution < -0.4 is 5.32 Å². The van der Waals surface area contributed by atoms with Crippen molar-refractivity contribution in [1.29, 1.82) is 0 Å². The number of hydrogen-bond acceptors (Lipinski definition) is 6. The first-order chi connectivity index (χ1) is 15.7. The summed E-state index contributed by atoms with van der Waals surface area (Å²) in [5.74, 6) is 0.299. The number of imidazole rings is 1. The maximum absolute atomic E-state index is 13.9. The van der Waals surface area contributed by atoms with Gasteiger partial charge >= 0.3 is 0 Å². The van der Waals surface area contributed by atoms with Gasteiger partial charge in [-0.2, -0.15) is 5.10 Å². The van der Waals surface area contributed by atoms with Crippen LogP contribution in [0, 0.1) is 5.82 Å². The zero-order chi connectivity index (χ0) is 21.7. The molecule has 160 valence electrons. The zero-order valence-corrected chi connectivity index (χ0v) is 17.1. The van der Waals surface area contributed by atoms with Gasteiger partial charge in [-0.1, -0.05) is 0 Å². The summed E-state index contributed by atoms with van der Waals surface area (Å²) >= 11 is 0. The van der Waals surface area contributed by atoms with Crippen molar-refractivity contribution in [2.45, 2.75) is 18.8 Å². The van der Waals surface area contributed by atoms with Crippen LogP contribution in [0.15, 0.2) is 42.7 Å². The van der Waals surface area contributed by atoms with Crippen molar-refractivity contribution < 1.29 is 9.50 Å². The van der Waals surface area contributed by atoms with E-state index in [9.17, 15) is 9.50 Å². The molecule has 0 saturated carbocycles. The lowest BCUT2D eigenvalue weighted by Gasteiger charge is -2.22. The van der Waals surface area contributed by atoms with Crippen LogP contribution in [0.1, 0.15) is 24.5 Å². The van der Waals surface area contributed by atoms with Gasteiger partial charge in [0.2, 0.25) is 0 Å². The number of halogens is 1. The Morgan fingerprint density at radius 2 is 1.84 bits per heavy atom. The molecule has 0 atom stereocenters.